The summed E-state index contributed by atoms with van der Waals surface area (Å²) >= 11 is 0. The number of nitrogens with zero attached hydrogens (tertiary/aromatic N) is 3. The Morgan fingerprint density at radius 1 is 1.00 bits per heavy atom. The second kappa shape index (κ2) is 6.28. The number of aryl methyl sites for hydroxylation is 1. The number of benzene rings is 2. The number of para-hydroxylation sites is 2. The van der Waals surface area contributed by atoms with E-state index in [4.69, 9.17) is 0 Å². The second-order valence-corrected chi connectivity index (χ2v) is 5.73. The second-order valence-electron chi connectivity index (χ2n) is 5.73. The van der Waals surface area contributed by atoms with Crippen LogP contribution in [-0.2, 0) is 6.42 Å². The highest BCUT2D eigenvalue weighted by atomic mass is 19.1. The Morgan fingerprint density at radius 3 is 2.75 bits per heavy atom. The summed E-state index contributed by atoms with van der Waals surface area (Å²) in [6.07, 6.45) is 3.86. The van der Waals surface area contributed by atoms with Crippen molar-refractivity contribution in [1.82, 2.24) is 9.97 Å². The van der Waals surface area contributed by atoms with Crippen molar-refractivity contribution in [3.8, 4) is 0 Å². The van der Waals surface area contributed by atoms with Gasteiger partial charge >= 0.3 is 0 Å². The van der Waals surface area contributed by atoms with Gasteiger partial charge in [0.1, 0.15) is 11.6 Å². The molecule has 5 heteroatoms. The first-order chi connectivity index (χ1) is 11.8. The van der Waals surface area contributed by atoms with E-state index in [1.165, 1.54) is 17.3 Å². The summed E-state index contributed by atoms with van der Waals surface area (Å²) < 4.78 is 13.8. The first kappa shape index (κ1) is 14.6. The van der Waals surface area contributed by atoms with Gasteiger partial charge in [-0.2, -0.15) is 4.98 Å². The van der Waals surface area contributed by atoms with Crippen LogP contribution in [0.5, 0.6) is 0 Å². The van der Waals surface area contributed by atoms with Gasteiger partial charge in [0.05, 0.1) is 5.69 Å². The van der Waals surface area contributed by atoms with E-state index in [9.17, 15) is 4.39 Å². The van der Waals surface area contributed by atoms with E-state index in [1.54, 1.807) is 24.4 Å². The minimum absolute atomic E-state index is 0.324. The van der Waals surface area contributed by atoms with Crippen molar-refractivity contribution in [2.24, 2.45) is 0 Å². The topological polar surface area (TPSA) is 41.1 Å². The largest absolute Gasteiger partial charge is 0.326 e. The number of halogens is 1. The molecule has 0 unspecified atom stereocenters. The van der Waals surface area contributed by atoms with Gasteiger partial charge in [0.15, 0.2) is 0 Å². The molecule has 1 aliphatic rings. The van der Waals surface area contributed by atoms with Crippen LogP contribution in [0.15, 0.2) is 60.8 Å². The smallest absolute Gasteiger partial charge is 0.229 e. The molecule has 2 heterocycles. The molecule has 0 atom stereocenters. The summed E-state index contributed by atoms with van der Waals surface area (Å²) in [5, 5.41) is 2.95. The molecule has 24 heavy (non-hydrogen) atoms. The molecule has 0 spiro atoms. The molecule has 1 N–H and O–H groups in total. The summed E-state index contributed by atoms with van der Waals surface area (Å²) in [7, 11) is 0. The van der Waals surface area contributed by atoms with Crippen LogP contribution in [0.4, 0.5) is 27.5 Å². The Hall–Kier alpha value is -2.95. The first-order valence-corrected chi connectivity index (χ1v) is 8.01. The number of aromatic nitrogens is 2. The van der Waals surface area contributed by atoms with Crippen LogP contribution < -0.4 is 10.2 Å². The van der Waals surface area contributed by atoms with Gasteiger partial charge in [0, 0.05) is 18.4 Å². The van der Waals surface area contributed by atoms with Crippen LogP contribution in [0.3, 0.4) is 0 Å². The number of rotatable bonds is 3. The Labute approximate surface area is 140 Å². The van der Waals surface area contributed by atoms with Gasteiger partial charge in [-0.1, -0.05) is 30.3 Å². The third-order valence-corrected chi connectivity index (χ3v) is 4.15. The van der Waals surface area contributed by atoms with Crippen molar-refractivity contribution in [1.29, 1.82) is 0 Å². The molecule has 3 aromatic rings. The SMILES string of the molecule is Fc1ccccc1Nc1nccc(N2CCCc3ccccc32)n1. The maximum absolute atomic E-state index is 13.8. The monoisotopic (exact) mass is 320 g/mol. The van der Waals surface area contributed by atoms with E-state index < -0.39 is 0 Å². The molecule has 0 saturated heterocycles. The molecule has 120 valence electrons. The fourth-order valence-corrected chi connectivity index (χ4v) is 3.01. The Kier molecular flexibility index (Phi) is 3.83. The quantitative estimate of drug-likeness (QED) is 0.774. The van der Waals surface area contributed by atoms with Gasteiger partial charge in [0.2, 0.25) is 5.95 Å². The maximum atomic E-state index is 13.8. The van der Waals surface area contributed by atoms with Crippen molar-refractivity contribution in [3.05, 3.63) is 72.2 Å². The molecule has 4 nitrogen and oxygen atoms in total. The summed E-state index contributed by atoms with van der Waals surface area (Å²) in [4.78, 5) is 11.0. The molecule has 1 aromatic heterocycles. The van der Waals surface area contributed by atoms with Crippen LogP contribution in [-0.4, -0.2) is 16.5 Å². The molecule has 0 radical (unpaired) electrons. The van der Waals surface area contributed by atoms with Crippen LogP contribution in [0, 0.1) is 5.82 Å². The molecule has 1 aliphatic heterocycles. The van der Waals surface area contributed by atoms with Gasteiger partial charge in [0.25, 0.3) is 0 Å². The van der Waals surface area contributed by atoms with Gasteiger partial charge in [-0.3, -0.25) is 0 Å². The van der Waals surface area contributed by atoms with Crippen LogP contribution in [0.25, 0.3) is 0 Å². The van der Waals surface area contributed by atoms with Gasteiger partial charge in [-0.25, -0.2) is 9.37 Å². The Bertz CT molecular complexity index is 865. The average Bonchev–Trinajstić information content (AvgIpc) is 2.63. The molecule has 0 bridgehead atoms. The molecule has 0 fully saturated rings. The zero-order chi connectivity index (χ0) is 16.4. The minimum Gasteiger partial charge on any atom is -0.326 e. The van der Waals surface area contributed by atoms with E-state index in [0.29, 0.717) is 11.6 Å². The Balaban J connectivity index is 1.65. The highest BCUT2D eigenvalue weighted by Gasteiger charge is 2.19. The van der Waals surface area contributed by atoms with E-state index in [2.05, 4.69) is 38.4 Å². The standard InChI is InChI=1S/C19H17FN4/c20-15-8-2-3-9-16(15)22-19-21-12-11-18(23-19)24-13-5-7-14-6-1-4-10-17(14)24/h1-4,6,8-12H,5,7,13H2,(H,21,22,23). The molecular formula is C19H17FN4. The van der Waals surface area contributed by atoms with Crippen molar-refractivity contribution in [2.45, 2.75) is 12.8 Å². The average molecular weight is 320 g/mol. The molecule has 4 rings (SSSR count). The minimum atomic E-state index is -0.324. The summed E-state index contributed by atoms with van der Waals surface area (Å²) in [6, 6.07) is 16.8. The summed E-state index contributed by atoms with van der Waals surface area (Å²) in [6.45, 7) is 0.910. The van der Waals surface area contributed by atoms with Crippen LogP contribution in [0.1, 0.15) is 12.0 Å². The van der Waals surface area contributed by atoms with Gasteiger partial charge in [-0.15, -0.1) is 0 Å². The van der Waals surface area contributed by atoms with Gasteiger partial charge in [-0.05, 0) is 42.7 Å². The van der Waals surface area contributed by atoms with Crippen molar-refractivity contribution in [2.75, 3.05) is 16.8 Å². The first-order valence-electron chi connectivity index (χ1n) is 8.01. The van der Waals surface area contributed by atoms with Crippen molar-refractivity contribution in [3.63, 3.8) is 0 Å². The van der Waals surface area contributed by atoms with Crippen molar-refractivity contribution < 1.29 is 4.39 Å². The zero-order valence-corrected chi connectivity index (χ0v) is 13.1. The fourth-order valence-electron chi connectivity index (χ4n) is 3.01. The van der Waals surface area contributed by atoms with Crippen LogP contribution in [0.2, 0.25) is 0 Å². The van der Waals surface area contributed by atoms with E-state index >= 15 is 0 Å². The number of hydrogen-bond acceptors (Lipinski definition) is 4. The molecular weight excluding hydrogens is 303 g/mol. The zero-order valence-electron chi connectivity index (χ0n) is 13.1. The number of fused-ring (bicyclic) bond motifs is 1. The fraction of sp³-hybridized carbons (Fsp3) is 0.158. The molecule has 2 aromatic carbocycles. The van der Waals surface area contributed by atoms with Gasteiger partial charge < -0.3 is 10.2 Å². The molecule has 0 amide bonds. The summed E-state index contributed by atoms with van der Waals surface area (Å²) in [5.74, 6) is 0.881. The predicted octanol–water partition coefficient (Wildman–Crippen LogP) is 4.44. The lowest BCUT2D eigenvalue weighted by molar-refractivity contribution is 0.631. The van der Waals surface area contributed by atoms with E-state index in [-0.39, 0.29) is 5.82 Å². The van der Waals surface area contributed by atoms with Crippen molar-refractivity contribution >= 4 is 23.1 Å². The third kappa shape index (κ3) is 2.80. The predicted molar refractivity (Wildman–Crippen MR) is 93.5 cm³/mol. The van der Waals surface area contributed by atoms with Crippen LogP contribution >= 0.6 is 0 Å². The highest BCUT2D eigenvalue weighted by Crippen LogP contribution is 2.32. The van der Waals surface area contributed by atoms with E-state index in [1.807, 2.05) is 12.1 Å². The molecule has 0 aliphatic carbocycles. The van der Waals surface area contributed by atoms with E-state index in [0.717, 1.165) is 25.2 Å². The summed E-state index contributed by atoms with van der Waals surface area (Å²) in [5.41, 5.74) is 2.87. The highest BCUT2D eigenvalue weighted by molar-refractivity contribution is 5.66. The third-order valence-electron chi connectivity index (χ3n) is 4.15. The number of anilines is 4. The Morgan fingerprint density at radius 2 is 1.83 bits per heavy atom. The number of nitrogens with one attached hydrogen (secondary N) is 1. The number of hydrogen-bond donors (Lipinski definition) is 1. The lowest BCUT2D eigenvalue weighted by Crippen LogP contribution is -2.25. The normalized spacial score (nSPS) is 13.5. The lowest BCUT2D eigenvalue weighted by atomic mass is 10.0. The maximum Gasteiger partial charge on any atom is 0.229 e. The molecule has 0 saturated carbocycles. The lowest BCUT2D eigenvalue weighted by Gasteiger charge is -2.30.